The number of amides is 2. The Bertz CT molecular complexity index is 430. The molecule has 1 heterocycles. The molecule has 0 radical (unpaired) electrons. The Hall–Kier alpha value is -1.55. The van der Waals surface area contributed by atoms with E-state index < -0.39 is 0 Å². The summed E-state index contributed by atoms with van der Waals surface area (Å²) < 4.78 is 0. The predicted molar refractivity (Wildman–Crippen MR) is 82.6 cm³/mol. The molecule has 0 bridgehead atoms. The van der Waals surface area contributed by atoms with Gasteiger partial charge in [-0.25, -0.2) is 4.79 Å². The van der Waals surface area contributed by atoms with Crippen LogP contribution in [0.4, 0.5) is 10.5 Å². The Labute approximate surface area is 121 Å². The van der Waals surface area contributed by atoms with E-state index in [9.17, 15) is 4.79 Å². The van der Waals surface area contributed by atoms with Gasteiger partial charge in [0.2, 0.25) is 0 Å². The number of nitrogens with one attached hydrogen (secondary N) is 1. The van der Waals surface area contributed by atoms with E-state index in [-0.39, 0.29) is 6.03 Å². The van der Waals surface area contributed by atoms with Crippen LogP contribution in [0.5, 0.6) is 0 Å². The van der Waals surface area contributed by atoms with E-state index >= 15 is 0 Å². The number of anilines is 1. The third-order valence-corrected chi connectivity index (χ3v) is 4.15. The highest BCUT2D eigenvalue weighted by Crippen LogP contribution is 2.20. The van der Waals surface area contributed by atoms with Crippen LogP contribution in [0.1, 0.15) is 38.2 Å². The second-order valence-corrected chi connectivity index (χ2v) is 5.52. The summed E-state index contributed by atoms with van der Waals surface area (Å²) in [6.45, 7) is 4.49. The van der Waals surface area contributed by atoms with Crippen LogP contribution in [0, 0.1) is 5.92 Å². The van der Waals surface area contributed by atoms with Gasteiger partial charge in [0.25, 0.3) is 0 Å². The van der Waals surface area contributed by atoms with Crippen LogP contribution in [0.25, 0.3) is 0 Å². The van der Waals surface area contributed by atoms with E-state index in [2.05, 4.69) is 12.2 Å². The summed E-state index contributed by atoms with van der Waals surface area (Å²) in [5.41, 5.74) is 7.48. The van der Waals surface area contributed by atoms with E-state index in [1.54, 1.807) is 0 Å². The van der Waals surface area contributed by atoms with E-state index in [0.717, 1.165) is 43.1 Å². The molecule has 0 aliphatic carbocycles. The Balaban J connectivity index is 1.90. The second kappa shape index (κ2) is 7.29. The van der Waals surface area contributed by atoms with Gasteiger partial charge in [0, 0.05) is 25.3 Å². The molecule has 1 aromatic rings. The Morgan fingerprint density at radius 1 is 1.30 bits per heavy atom. The highest BCUT2D eigenvalue weighted by atomic mass is 16.2. The summed E-state index contributed by atoms with van der Waals surface area (Å²) in [5.74, 6) is 0.775. The molecule has 2 rings (SSSR count). The summed E-state index contributed by atoms with van der Waals surface area (Å²) >= 11 is 0. The van der Waals surface area contributed by atoms with Crippen LogP contribution < -0.4 is 11.1 Å². The van der Waals surface area contributed by atoms with Crippen molar-refractivity contribution < 1.29 is 4.79 Å². The number of hydrogen-bond acceptors (Lipinski definition) is 2. The fourth-order valence-corrected chi connectivity index (χ4v) is 2.70. The number of carbonyl (C=O) groups excluding carboxylic acids is 1. The molecule has 1 atom stereocenters. The largest absolute Gasteiger partial charge is 0.326 e. The second-order valence-electron chi connectivity index (χ2n) is 5.52. The first-order valence-corrected chi connectivity index (χ1v) is 7.58. The third-order valence-electron chi connectivity index (χ3n) is 4.15. The Kier molecular flexibility index (Phi) is 5.41. The molecule has 0 spiro atoms. The number of carbonyl (C=O) groups is 1. The van der Waals surface area contributed by atoms with Crippen LogP contribution in [0.3, 0.4) is 0 Å². The molecule has 20 heavy (non-hydrogen) atoms. The maximum Gasteiger partial charge on any atom is 0.321 e. The lowest BCUT2D eigenvalue weighted by Crippen LogP contribution is -2.35. The lowest BCUT2D eigenvalue weighted by Gasteiger charge is -2.21. The molecule has 3 N–H and O–H groups in total. The lowest BCUT2D eigenvalue weighted by atomic mass is 9.98. The predicted octanol–water partition coefficient (Wildman–Crippen LogP) is 3.19. The van der Waals surface area contributed by atoms with Crippen molar-refractivity contribution in [1.82, 2.24) is 4.90 Å². The normalized spacial score (nSPS) is 19.5. The van der Waals surface area contributed by atoms with Crippen molar-refractivity contribution in [2.24, 2.45) is 11.7 Å². The lowest BCUT2D eigenvalue weighted by molar-refractivity contribution is 0.213. The zero-order valence-corrected chi connectivity index (χ0v) is 12.3. The van der Waals surface area contributed by atoms with Crippen molar-refractivity contribution in [3.8, 4) is 0 Å². The van der Waals surface area contributed by atoms with E-state index in [4.69, 9.17) is 5.73 Å². The maximum atomic E-state index is 12.3. The highest BCUT2D eigenvalue weighted by molar-refractivity contribution is 5.89. The van der Waals surface area contributed by atoms with Gasteiger partial charge in [0.05, 0.1) is 0 Å². The molecular weight excluding hydrogens is 250 g/mol. The smallest absolute Gasteiger partial charge is 0.321 e. The molecule has 4 nitrogen and oxygen atoms in total. The fraction of sp³-hybridized carbons (Fsp3) is 0.562. The minimum absolute atomic E-state index is 0.0160. The number of nitrogens with zero attached hydrogens (tertiary/aromatic N) is 1. The van der Waals surface area contributed by atoms with E-state index in [1.165, 1.54) is 12.8 Å². The monoisotopic (exact) mass is 275 g/mol. The van der Waals surface area contributed by atoms with Gasteiger partial charge in [-0.1, -0.05) is 25.5 Å². The summed E-state index contributed by atoms with van der Waals surface area (Å²) in [7, 11) is 0. The molecule has 110 valence electrons. The summed E-state index contributed by atoms with van der Waals surface area (Å²) in [6, 6.07) is 7.73. The van der Waals surface area contributed by atoms with Crippen LogP contribution >= 0.6 is 0 Å². The Morgan fingerprint density at radius 3 is 2.70 bits per heavy atom. The van der Waals surface area contributed by atoms with Crippen molar-refractivity contribution in [2.45, 2.75) is 39.2 Å². The molecule has 1 aliphatic rings. The molecule has 0 saturated carbocycles. The van der Waals surface area contributed by atoms with Gasteiger partial charge in [-0.05, 0) is 42.9 Å². The fourth-order valence-electron chi connectivity index (χ4n) is 2.70. The summed E-state index contributed by atoms with van der Waals surface area (Å²) in [5, 5.41) is 2.97. The molecule has 1 fully saturated rings. The van der Waals surface area contributed by atoms with Crippen molar-refractivity contribution in [3.05, 3.63) is 29.8 Å². The first kappa shape index (κ1) is 14.9. The number of benzene rings is 1. The summed E-state index contributed by atoms with van der Waals surface area (Å²) in [4.78, 5) is 14.2. The average molecular weight is 275 g/mol. The van der Waals surface area contributed by atoms with Crippen molar-refractivity contribution in [3.63, 3.8) is 0 Å². The molecule has 0 aromatic heterocycles. The zero-order chi connectivity index (χ0) is 14.4. The molecule has 1 aliphatic heterocycles. The molecule has 4 heteroatoms. The zero-order valence-electron chi connectivity index (χ0n) is 12.3. The molecule has 1 unspecified atom stereocenters. The van der Waals surface area contributed by atoms with Gasteiger partial charge < -0.3 is 16.0 Å². The maximum absolute atomic E-state index is 12.3. The van der Waals surface area contributed by atoms with Gasteiger partial charge in [0.1, 0.15) is 0 Å². The molecule has 2 amide bonds. The summed E-state index contributed by atoms with van der Waals surface area (Å²) in [6.07, 6.45) is 4.69. The number of hydrogen-bond donors (Lipinski definition) is 2. The van der Waals surface area contributed by atoms with Crippen molar-refractivity contribution in [2.75, 3.05) is 18.4 Å². The van der Waals surface area contributed by atoms with Crippen LogP contribution in [-0.2, 0) is 6.54 Å². The number of likely N-dealkylation sites (tertiary alicyclic amines) is 1. The Morgan fingerprint density at radius 2 is 2.05 bits per heavy atom. The van der Waals surface area contributed by atoms with Gasteiger partial charge in [-0.3, -0.25) is 0 Å². The highest BCUT2D eigenvalue weighted by Gasteiger charge is 2.19. The quantitative estimate of drug-likeness (QED) is 0.890. The van der Waals surface area contributed by atoms with Gasteiger partial charge in [-0.2, -0.15) is 0 Å². The number of urea groups is 1. The molecule has 1 aromatic carbocycles. The minimum atomic E-state index is 0.0160. The van der Waals surface area contributed by atoms with Crippen LogP contribution in [-0.4, -0.2) is 24.0 Å². The number of nitrogens with two attached hydrogens (primary N) is 1. The van der Waals surface area contributed by atoms with Gasteiger partial charge >= 0.3 is 6.03 Å². The van der Waals surface area contributed by atoms with Gasteiger partial charge in [-0.15, -0.1) is 0 Å². The first-order valence-electron chi connectivity index (χ1n) is 7.58. The number of rotatable bonds is 3. The van der Waals surface area contributed by atoms with Gasteiger partial charge in [0.15, 0.2) is 0 Å². The van der Waals surface area contributed by atoms with Crippen molar-refractivity contribution in [1.29, 1.82) is 0 Å². The minimum Gasteiger partial charge on any atom is -0.326 e. The van der Waals surface area contributed by atoms with Crippen LogP contribution in [0.15, 0.2) is 24.3 Å². The molecule has 1 saturated heterocycles. The molecular formula is C16H25N3O. The SMILES string of the molecule is CCC1CCCN(C(=O)Nc2ccc(CN)cc2)CC1. The third kappa shape index (κ3) is 3.97. The van der Waals surface area contributed by atoms with E-state index in [0.29, 0.717) is 6.54 Å². The van der Waals surface area contributed by atoms with Crippen molar-refractivity contribution >= 4 is 11.7 Å². The van der Waals surface area contributed by atoms with E-state index in [1.807, 2.05) is 29.2 Å². The standard InChI is InChI=1S/C16H25N3O/c1-2-13-4-3-10-19(11-9-13)16(20)18-15-7-5-14(12-17)6-8-15/h5-8,13H,2-4,9-12,17H2,1H3,(H,18,20). The van der Waals surface area contributed by atoms with Crippen LogP contribution in [0.2, 0.25) is 0 Å². The average Bonchev–Trinajstić information content (AvgIpc) is 2.73. The first-order chi connectivity index (χ1) is 9.72. The topological polar surface area (TPSA) is 58.4 Å².